The van der Waals surface area contributed by atoms with E-state index in [0.717, 1.165) is 44.1 Å². The first-order valence-corrected chi connectivity index (χ1v) is 9.53. The molecule has 0 unspecified atom stereocenters. The van der Waals surface area contributed by atoms with Crippen molar-refractivity contribution >= 4 is 5.91 Å². The molecule has 1 fully saturated rings. The minimum absolute atomic E-state index is 0.0710. The lowest BCUT2D eigenvalue weighted by Gasteiger charge is -2.27. The van der Waals surface area contributed by atoms with Crippen molar-refractivity contribution in [1.82, 2.24) is 19.8 Å². The highest BCUT2D eigenvalue weighted by molar-refractivity contribution is 5.94. The molecule has 3 aromatic rings. The zero-order valence-electron chi connectivity index (χ0n) is 15.8. The SMILES string of the molecule is O=C(NCc1ccccc1CN1CCOCC1)c1ccc(-n2ccnc2)cc1. The van der Waals surface area contributed by atoms with Crippen LogP contribution in [0.4, 0.5) is 0 Å². The second-order valence-corrected chi connectivity index (χ2v) is 6.86. The second kappa shape index (κ2) is 8.82. The zero-order chi connectivity index (χ0) is 19.2. The Labute approximate surface area is 164 Å². The maximum Gasteiger partial charge on any atom is 0.251 e. The molecule has 6 nitrogen and oxygen atoms in total. The van der Waals surface area contributed by atoms with Crippen LogP contribution in [0.3, 0.4) is 0 Å². The minimum Gasteiger partial charge on any atom is -0.379 e. The summed E-state index contributed by atoms with van der Waals surface area (Å²) in [6.07, 6.45) is 5.34. The maximum atomic E-state index is 12.6. The summed E-state index contributed by atoms with van der Waals surface area (Å²) in [5.74, 6) is -0.0710. The normalized spacial score (nSPS) is 14.7. The number of hydrogen-bond donors (Lipinski definition) is 1. The van der Waals surface area contributed by atoms with E-state index in [2.05, 4.69) is 33.4 Å². The summed E-state index contributed by atoms with van der Waals surface area (Å²) >= 11 is 0. The van der Waals surface area contributed by atoms with Gasteiger partial charge in [0.05, 0.1) is 19.5 Å². The molecule has 1 aromatic heterocycles. The molecule has 0 bridgehead atoms. The molecule has 2 aromatic carbocycles. The van der Waals surface area contributed by atoms with E-state index in [1.54, 1.807) is 12.5 Å². The Morgan fingerprint density at radius 1 is 1.04 bits per heavy atom. The van der Waals surface area contributed by atoms with Gasteiger partial charge >= 0.3 is 0 Å². The van der Waals surface area contributed by atoms with Gasteiger partial charge < -0.3 is 14.6 Å². The van der Waals surface area contributed by atoms with E-state index in [9.17, 15) is 4.79 Å². The number of nitrogens with one attached hydrogen (secondary N) is 1. The first kappa shape index (κ1) is 18.4. The van der Waals surface area contributed by atoms with Crippen LogP contribution in [0.15, 0.2) is 67.3 Å². The average Bonchev–Trinajstić information content (AvgIpc) is 3.29. The van der Waals surface area contributed by atoms with Crippen LogP contribution in [-0.2, 0) is 17.8 Å². The standard InChI is InChI=1S/C22H24N4O2/c27-22(18-5-7-21(8-6-18)26-10-9-23-17-26)24-15-19-3-1-2-4-20(19)16-25-11-13-28-14-12-25/h1-10,17H,11-16H2,(H,24,27). The lowest BCUT2D eigenvalue weighted by atomic mass is 10.1. The first-order chi connectivity index (χ1) is 13.8. The van der Waals surface area contributed by atoms with Gasteiger partial charge in [-0.05, 0) is 35.4 Å². The van der Waals surface area contributed by atoms with Crippen LogP contribution >= 0.6 is 0 Å². The van der Waals surface area contributed by atoms with Crippen molar-refractivity contribution < 1.29 is 9.53 Å². The van der Waals surface area contributed by atoms with Crippen molar-refractivity contribution in [2.24, 2.45) is 0 Å². The fourth-order valence-electron chi connectivity index (χ4n) is 3.36. The summed E-state index contributed by atoms with van der Waals surface area (Å²) in [5.41, 5.74) is 4.02. The molecule has 1 saturated heterocycles. The van der Waals surface area contributed by atoms with Gasteiger partial charge in [-0.2, -0.15) is 0 Å². The molecule has 4 rings (SSSR count). The monoisotopic (exact) mass is 376 g/mol. The molecule has 1 amide bonds. The Morgan fingerprint density at radius 3 is 2.50 bits per heavy atom. The largest absolute Gasteiger partial charge is 0.379 e. The third kappa shape index (κ3) is 4.47. The topological polar surface area (TPSA) is 59.4 Å². The molecule has 1 aliphatic rings. The van der Waals surface area contributed by atoms with Crippen LogP contribution < -0.4 is 5.32 Å². The van der Waals surface area contributed by atoms with Crippen LogP contribution in [-0.4, -0.2) is 46.7 Å². The number of aromatic nitrogens is 2. The van der Waals surface area contributed by atoms with Crippen LogP contribution in [0.5, 0.6) is 0 Å². The second-order valence-electron chi connectivity index (χ2n) is 6.86. The van der Waals surface area contributed by atoms with E-state index < -0.39 is 0 Å². The Morgan fingerprint density at radius 2 is 1.79 bits per heavy atom. The summed E-state index contributed by atoms with van der Waals surface area (Å²) in [7, 11) is 0. The van der Waals surface area contributed by atoms with Gasteiger partial charge in [-0.25, -0.2) is 4.98 Å². The van der Waals surface area contributed by atoms with Gasteiger partial charge in [-0.1, -0.05) is 24.3 Å². The smallest absolute Gasteiger partial charge is 0.251 e. The fraction of sp³-hybridized carbons (Fsp3) is 0.273. The number of morpholine rings is 1. The van der Waals surface area contributed by atoms with Crippen molar-refractivity contribution in [3.05, 3.63) is 83.9 Å². The molecule has 6 heteroatoms. The van der Waals surface area contributed by atoms with E-state index >= 15 is 0 Å². The molecule has 1 aliphatic heterocycles. The first-order valence-electron chi connectivity index (χ1n) is 9.53. The number of benzene rings is 2. The molecule has 1 N–H and O–H groups in total. The van der Waals surface area contributed by atoms with Crippen molar-refractivity contribution in [2.75, 3.05) is 26.3 Å². The predicted molar refractivity (Wildman–Crippen MR) is 107 cm³/mol. The molecule has 0 radical (unpaired) electrons. The predicted octanol–water partition coefficient (Wildman–Crippen LogP) is 2.63. The molecule has 0 saturated carbocycles. The van der Waals surface area contributed by atoms with Crippen molar-refractivity contribution in [2.45, 2.75) is 13.1 Å². The quantitative estimate of drug-likeness (QED) is 0.719. The highest BCUT2D eigenvalue weighted by Crippen LogP contribution is 2.14. The Kier molecular flexibility index (Phi) is 5.80. The van der Waals surface area contributed by atoms with Gasteiger partial charge in [0, 0.05) is 49.8 Å². The molecule has 0 atom stereocenters. The summed E-state index contributed by atoms with van der Waals surface area (Å²) in [6.45, 7) is 4.87. The highest BCUT2D eigenvalue weighted by Gasteiger charge is 2.13. The Bertz CT molecular complexity index is 901. The number of amides is 1. The Hall–Kier alpha value is -2.96. The number of imidazole rings is 1. The van der Waals surface area contributed by atoms with Gasteiger partial charge in [-0.15, -0.1) is 0 Å². The summed E-state index contributed by atoms with van der Waals surface area (Å²) in [4.78, 5) is 19.0. The van der Waals surface area contributed by atoms with Crippen LogP contribution in [0.2, 0.25) is 0 Å². The van der Waals surface area contributed by atoms with Crippen molar-refractivity contribution in [3.63, 3.8) is 0 Å². The fourth-order valence-corrected chi connectivity index (χ4v) is 3.36. The van der Waals surface area contributed by atoms with Crippen LogP contribution in [0.1, 0.15) is 21.5 Å². The molecule has 0 aliphatic carbocycles. The van der Waals surface area contributed by atoms with Gasteiger partial charge in [0.1, 0.15) is 0 Å². The van der Waals surface area contributed by atoms with Gasteiger partial charge in [-0.3, -0.25) is 9.69 Å². The van der Waals surface area contributed by atoms with E-state index in [4.69, 9.17) is 4.74 Å². The minimum atomic E-state index is -0.0710. The number of carbonyl (C=O) groups is 1. The molecule has 2 heterocycles. The molecular weight excluding hydrogens is 352 g/mol. The number of carbonyl (C=O) groups excluding carboxylic acids is 1. The zero-order valence-corrected chi connectivity index (χ0v) is 15.8. The van der Waals surface area contributed by atoms with E-state index in [1.807, 2.05) is 41.1 Å². The number of hydrogen-bond acceptors (Lipinski definition) is 4. The third-order valence-electron chi connectivity index (χ3n) is 4.99. The van der Waals surface area contributed by atoms with E-state index in [1.165, 1.54) is 5.56 Å². The van der Waals surface area contributed by atoms with Crippen molar-refractivity contribution in [3.8, 4) is 5.69 Å². The number of rotatable bonds is 6. The summed E-state index contributed by atoms with van der Waals surface area (Å²) < 4.78 is 7.33. The number of nitrogens with zero attached hydrogens (tertiary/aromatic N) is 3. The molecule has 28 heavy (non-hydrogen) atoms. The average molecular weight is 376 g/mol. The highest BCUT2D eigenvalue weighted by atomic mass is 16.5. The van der Waals surface area contributed by atoms with Crippen molar-refractivity contribution in [1.29, 1.82) is 0 Å². The maximum absolute atomic E-state index is 12.6. The molecule has 144 valence electrons. The Balaban J connectivity index is 1.38. The van der Waals surface area contributed by atoms with Gasteiger partial charge in [0.2, 0.25) is 0 Å². The third-order valence-corrected chi connectivity index (χ3v) is 4.99. The molecule has 0 spiro atoms. The van der Waals surface area contributed by atoms with E-state index in [-0.39, 0.29) is 5.91 Å². The number of ether oxygens (including phenoxy) is 1. The summed E-state index contributed by atoms with van der Waals surface area (Å²) in [6, 6.07) is 15.8. The summed E-state index contributed by atoms with van der Waals surface area (Å²) in [5, 5.41) is 3.05. The van der Waals surface area contributed by atoms with Gasteiger partial charge in [0.15, 0.2) is 0 Å². The molecular formula is C22H24N4O2. The lowest BCUT2D eigenvalue weighted by molar-refractivity contribution is 0.0340. The van der Waals surface area contributed by atoms with Gasteiger partial charge in [0.25, 0.3) is 5.91 Å². The lowest BCUT2D eigenvalue weighted by Crippen LogP contribution is -2.36. The van der Waals surface area contributed by atoms with Crippen LogP contribution in [0.25, 0.3) is 5.69 Å². The van der Waals surface area contributed by atoms with E-state index in [0.29, 0.717) is 12.1 Å². The van der Waals surface area contributed by atoms with Crippen LogP contribution in [0, 0.1) is 0 Å².